The third-order valence-corrected chi connectivity index (χ3v) is 9.85. The lowest BCUT2D eigenvalue weighted by Crippen LogP contribution is -2.50. The number of halogens is 3. The van der Waals surface area contributed by atoms with Crippen molar-refractivity contribution in [2.45, 2.75) is 94.9 Å². The average Bonchev–Trinajstić information content (AvgIpc) is 3.82. The molecule has 210 valence electrons. The molecule has 4 aliphatic rings. The number of aliphatic carboxylic acids is 1. The number of nitrogens with zero attached hydrogens (tertiary/aromatic N) is 1. The molecule has 1 saturated heterocycles. The summed E-state index contributed by atoms with van der Waals surface area (Å²) in [7, 11) is 0. The lowest BCUT2D eigenvalue weighted by Gasteiger charge is -2.46. The quantitative estimate of drug-likeness (QED) is 0.390. The zero-order valence-corrected chi connectivity index (χ0v) is 22.8. The summed E-state index contributed by atoms with van der Waals surface area (Å²) >= 11 is 0. The Bertz CT molecular complexity index is 1240. The molecule has 2 unspecified atom stereocenters. The normalized spacial score (nSPS) is 23.5. The summed E-state index contributed by atoms with van der Waals surface area (Å²) in [5.74, 6) is 0.509. The standard InChI is InChI=1S/C32H38F3NO3/c1-19(30(37)38)29(23-6-7-23)24-8-5-22-11-12-31(39-28(22)17-24)13-15-36(16-14-31)20(2)27-18-25(32(33,34)35)9-10-26(27)21-3-4-21/h5,8-10,17-21,23,29H,3-4,6-7,11-16H2,1-2H3,(H,37,38)/t19-,20?,29?/m0/s1. The van der Waals surface area contributed by atoms with Crippen molar-refractivity contribution >= 4 is 5.97 Å². The number of ether oxygens (including phenoxy) is 1. The summed E-state index contributed by atoms with van der Waals surface area (Å²) < 4.78 is 47.3. The molecule has 2 aliphatic heterocycles. The van der Waals surface area contributed by atoms with Gasteiger partial charge in [-0.3, -0.25) is 9.69 Å². The maximum atomic E-state index is 13.5. The highest BCUT2D eigenvalue weighted by atomic mass is 19.4. The average molecular weight is 542 g/mol. The number of rotatable bonds is 7. The van der Waals surface area contributed by atoms with Crippen LogP contribution in [0.2, 0.25) is 0 Å². The van der Waals surface area contributed by atoms with E-state index in [0.717, 1.165) is 86.9 Å². The monoisotopic (exact) mass is 541 g/mol. The zero-order chi connectivity index (χ0) is 27.5. The van der Waals surface area contributed by atoms with E-state index < -0.39 is 23.6 Å². The molecule has 2 aromatic rings. The minimum Gasteiger partial charge on any atom is -0.487 e. The number of carboxylic acids is 1. The molecule has 39 heavy (non-hydrogen) atoms. The van der Waals surface area contributed by atoms with Crippen LogP contribution in [-0.2, 0) is 17.4 Å². The highest BCUT2D eigenvalue weighted by molar-refractivity contribution is 5.71. The minimum atomic E-state index is -4.34. The van der Waals surface area contributed by atoms with Crippen molar-refractivity contribution in [3.63, 3.8) is 0 Å². The van der Waals surface area contributed by atoms with Crippen molar-refractivity contribution in [2.24, 2.45) is 11.8 Å². The molecular weight excluding hydrogens is 503 g/mol. The van der Waals surface area contributed by atoms with Gasteiger partial charge in [0.05, 0.1) is 11.5 Å². The summed E-state index contributed by atoms with van der Waals surface area (Å²) in [4.78, 5) is 14.1. The van der Waals surface area contributed by atoms with Gasteiger partial charge < -0.3 is 9.84 Å². The molecule has 3 fully saturated rings. The molecule has 3 atom stereocenters. The second kappa shape index (κ2) is 9.83. The Kier molecular flexibility index (Phi) is 6.72. The van der Waals surface area contributed by atoms with Gasteiger partial charge in [-0.05, 0) is 116 Å². The predicted molar refractivity (Wildman–Crippen MR) is 143 cm³/mol. The van der Waals surface area contributed by atoms with Gasteiger partial charge in [-0.2, -0.15) is 13.2 Å². The maximum absolute atomic E-state index is 13.5. The number of hydrogen-bond donors (Lipinski definition) is 1. The Morgan fingerprint density at radius 1 is 1.03 bits per heavy atom. The molecule has 0 radical (unpaired) electrons. The SMILES string of the molecule is CC(c1cc(C(F)(F)F)ccc1C1CC1)N1CCC2(CCc3ccc(C(C4CC4)[C@H](C)C(=O)O)cc3O2)CC1. The summed E-state index contributed by atoms with van der Waals surface area (Å²) in [6.45, 7) is 5.40. The highest BCUT2D eigenvalue weighted by Gasteiger charge is 2.43. The van der Waals surface area contributed by atoms with E-state index >= 15 is 0 Å². The molecule has 2 heterocycles. The van der Waals surface area contributed by atoms with Crippen LogP contribution in [0.3, 0.4) is 0 Å². The first-order valence-corrected chi connectivity index (χ1v) is 14.5. The van der Waals surface area contributed by atoms with Crippen molar-refractivity contribution < 1.29 is 27.8 Å². The molecule has 1 spiro atoms. The van der Waals surface area contributed by atoms with Gasteiger partial charge in [-0.25, -0.2) is 0 Å². The molecule has 0 aromatic heterocycles. The first-order valence-electron chi connectivity index (χ1n) is 14.5. The Balaban J connectivity index is 1.18. The van der Waals surface area contributed by atoms with Gasteiger partial charge >= 0.3 is 12.1 Å². The van der Waals surface area contributed by atoms with E-state index in [4.69, 9.17) is 4.74 Å². The van der Waals surface area contributed by atoms with E-state index in [1.54, 1.807) is 6.07 Å². The van der Waals surface area contributed by atoms with Crippen molar-refractivity contribution in [1.82, 2.24) is 4.90 Å². The van der Waals surface area contributed by atoms with Crippen LogP contribution in [-0.4, -0.2) is 34.7 Å². The van der Waals surface area contributed by atoms with Gasteiger partial charge in [-0.15, -0.1) is 0 Å². The zero-order valence-electron chi connectivity index (χ0n) is 22.8. The number of carbonyl (C=O) groups is 1. The van der Waals surface area contributed by atoms with Crippen molar-refractivity contribution in [3.8, 4) is 5.75 Å². The third-order valence-electron chi connectivity index (χ3n) is 9.85. The lowest BCUT2D eigenvalue weighted by atomic mass is 9.80. The molecule has 2 aromatic carbocycles. The first-order chi connectivity index (χ1) is 18.5. The summed E-state index contributed by atoms with van der Waals surface area (Å²) in [5.41, 5.74) is 3.30. The number of benzene rings is 2. The van der Waals surface area contributed by atoms with Gasteiger partial charge in [0.2, 0.25) is 0 Å². The molecule has 0 bridgehead atoms. The summed E-state index contributed by atoms with van der Waals surface area (Å²) in [6.07, 6.45) is 3.42. The number of aryl methyl sites for hydroxylation is 1. The van der Waals surface area contributed by atoms with Crippen LogP contribution in [0.1, 0.15) is 104 Å². The van der Waals surface area contributed by atoms with Gasteiger partial charge in [0, 0.05) is 19.1 Å². The van der Waals surface area contributed by atoms with E-state index in [0.29, 0.717) is 11.8 Å². The smallest absolute Gasteiger partial charge is 0.416 e. The fourth-order valence-corrected chi connectivity index (χ4v) is 7.05. The van der Waals surface area contributed by atoms with Crippen LogP contribution in [0, 0.1) is 11.8 Å². The van der Waals surface area contributed by atoms with E-state index in [9.17, 15) is 23.1 Å². The number of likely N-dealkylation sites (tertiary alicyclic amines) is 1. The lowest BCUT2D eigenvalue weighted by molar-refractivity contribution is -0.142. The van der Waals surface area contributed by atoms with E-state index in [-0.39, 0.29) is 17.6 Å². The number of hydrogen-bond acceptors (Lipinski definition) is 3. The van der Waals surface area contributed by atoms with Gasteiger partial charge in [-0.1, -0.05) is 25.1 Å². The van der Waals surface area contributed by atoms with Crippen molar-refractivity contribution in [2.75, 3.05) is 13.1 Å². The molecule has 0 amide bonds. The summed E-state index contributed by atoms with van der Waals surface area (Å²) in [5, 5.41) is 9.69. The van der Waals surface area contributed by atoms with Crippen LogP contribution in [0.15, 0.2) is 36.4 Å². The number of alkyl halides is 3. The largest absolute Gasteiger partial charge is 0.487 e. The molecule has 6 rings (SSSR count). The Morgan fingerprint density at radius 2 is 1.74 bits per heavy atom. The second-order valence-electron chi connectivity index (χ2n) is 12.5. The van der Waals surface area contributed by atoms with Crippen LogP contribution in [0.25, 0.3) is 0 Å². The topological polar surface area (TPSA) is 49.8 Å². The van der Waals surface area contributed by atoms with Crippen LogP contribution in [0.5, 0.6) is 5.75 Å². The van der Waals surface area contributed by atoms with E-state index in [2.05, 4.69) is 23.1 Å². The number of carboxylic acid groups (broad SMARTS) is 1. The Labute approximate surface area is 228 Å². The van der Waals surface area contributed by atoms with Gasteiger partial charge in [0.25, 0.3) is 0 Å². The van der Waals surface area contributed by atoms with Crippen molar-refractivity contribution in [3.05, 3.63) is 64.2 Å². The van der Waals surface area contributed by atoms with Crippen LogP contribution < -0.4 is 4.74 Å². The van der Waals surface area contributed by atoms with Gasteiger partial charge in [0.15, 0.2) is 0 Å². The molecule has 2 saturated carbocycles. The second-order valence-corrected chi connectivity index (χ2v) is 12.5. The predicted octanol–water partition coefficient (Wildman–Crippen LogP) is 7.72. The number of fused-ring (bicyclic) bond motifs is 1. The first kappa shape index (κ1) is 26.7. The number of piperidine rings is 1. The fourth-order valence-electron chi connectivity index (χ4n) is 7.05. The molecule has 1 N–H and O–H groups in total. The van der Waals surface area contributed by atoms with Gasteiger partial charge in [0.1, 0.15) is 11.4 Å². The third kappa shape index (κ3) is 5.31. The molecule has 2 aliphatic carbocycles. The maximum Gasteiger partial charge on any atom is 0.416 e. The Hall–Kier alpha value is -2.54. The molecular formula is C32H38F3NO3. The van der Waals surface area contributed by atoms with E-state index in [1.807, 2.05) is 13.8 Å². The fraction of sp³-hybridized carbons (Fsp3) is 0.594. The molecule has 4 nitrogen and oxygen atoms in total. The molecule has 7 heteroatoms. The summed E-state index contributed by atoms with van der Waals surface area (Å²) in [6, 6.07) is 10.5. The Morgan fingerprint density at radius 3 is 2.36 bits per heavy atom. The van der Waals surface area contributed by atoms with E-state index in [1.165, 1.54) is 17.7 Å². The highest BCUT2D eigenvalue weighted by Crippen LogP contribution is 2.50. The van der Waals surface area contributed by atoms with Crippen LogP contribution in [0.4, 0.5) is 13.2 Å². The van der Waals surface area contributed by atoms with Crippen molar-refractivity contribution in [1.29, 1.82) is 0 Å². The van der Waals surface area contributed by atoms with Crippen LogP contribution >= 0.6 is 0 Å². The minimum absolute atomic E-state index is 0.00472.